The predicted molar refractivity (Wildman–Crippen MR) is 110 cm³/mol. The number of rotatable bonds is 3. The Balaban J connectivity index is 1.20. The molecule has 4 aromatic rings. The molecule has 0 spiro atoms. The molecule has 12 heteroatoms. The third kappa shape index (κ3) is 3.50. The summed E-state index contributed by atoms with van der Waals surface area (Å²) in [4.78, 5) is 33.4. The van der Waals surface area contributed by atoms with E-state index in [1.165, 1.54) is 11.3 Å². The molecule has 0 aliphatic carbocycles. The Morgan fingerprint density at radius 1 is 1.24 bits per heavy atom. The van der Waals surface area contributed by atoms with Crippen LogP contribution in [0.25, 0.3) is 21.3 Å². The number of thiazole rings is 1. The summed E-state index contributed by atoms with van der Waals surface area (Å²) in [6.07, 6.45) is 1.17. The number of nitrogens with two attached hydrogens (primary N) is 1. The molecule has 0 saturated carbocycles. The number of benzene rings is 1. The van der Waals surface area contributed by atoms with E-state index < -0.39 is 6.09 Å². The van der Waals surface area contributed by atoms with Crippen LogP contribution in [-0.2, 0) is 4.84 Å². The summed E-state index contributed by atoms with van der Waals surface area (Å²) in [7, 11) is 0. The van der Waals surface area contributed by atoms with Crippen LogP contribution in [0.1, 0.15) is 0 Å². The molecule has 0 bridgehead atoms. The fraction of sp³-hybridized carbons (Fsp3) is 0.235. The maximum atomic E-state index is 12.2. The average Bonchev–Trinajstić information content (AvgIpc) is 3.36. The van der Waals surface area contributed by atoms with Crippen LogP contribution in [-0.4, -0.2) is 62.5 Å². The van der Waals surface area contributed by atoms with Gasteiger partial charge in [0.05, 0.1) is 30.3 Å². The molecule has 29 heavy (non-hydrogen) atoms. The molecule has 1 amide bonds. The maximum absolute atomic E-state index is 12.2. The van der Waals surface area contributed by atoms with E-state index in [1.54, 1.807) is 22.8 Å². The second-order valence-electron chi connectivity index (χ2n) is 6.50. The van der Waals surface area contributed by atoms with Crippen LogP contribution in [0, 0.1) is 0 Å². The van der Waals surface area contributed by atoms with Crippen LogP contribution in [0.15, 0.2) is 29.9 Å². The highest BCUT2D eigenvalue weighted by atomic mass is 32.1. The monoisotopic (exact) mass is 411 g/mol. The molecule has 1 aromatic carbocycles. The van der Waals surface area contributed by atoms with E-state index >= 15 is 0 Å². The van der Waals surface area contributed by atoms with Gasteiger partial charge < -0.3 is 15.5 Å². The molecule has 11 nitrogen and oxygen atoms in total. The van der Waals surface area contributed by atoms with Crippen molar-refractivity contribution in [2.75, 3.05) is 42.1 Å². The van der Waals surface area contributed by atoms with Gasteiger partial charge in [-0.05, 0) is 18.2 Å². The molecule has 1 saturated heterocycles. The SMILES string of the molecule is Nc1nc(N2CCN(OC(=O)Nc3ccc4[nH]ncc4c3)CC2)c2ncsc2n1. The Morgan fingerprint density at radius 2 is 2.10 bits per heavy atom. The molecule has 1 aliphatic heterocycles. The first-order valence-corrected chi connectivity index (χ1v) is 9.82. The van der Waals surface area contributed by atoms with Crippen molar-refractivity contribution in [2.45, 2.75) is 0 Å². The topological polar surface area (TPSA) is 138 Å². The van der Waals surface area contributed by atoms with Crippen molar-refractivity contribution in [1.82, 2.24) is 30.2 Å². The van der Waals surface area contributed by atoms with Crippen LogP contribution in [0.2, 0.25) is 0 Å². The van der Waals surface area contributed by atoms with E-state index in [0.717, 1.165) is 21.3 Å². The highest BCUT2D eigenvalue weighted by Gasteiger charge is 2.24. The standard InChI is InChI=1S/C17H17N9O2S/c18-16-22-14(13-15(23-16)29-9-19-13)25-3-5-26(6-4-25)28-17(27)21-11-1-2-12-10(7-11)8-20-24-12/h1-2,7-9H,3-6H2,(H,20,24)(H,21,27)(H2,18,22,23). The van der Waals surface area contributed by atoms with Gasteiger partial charge >= 0.3 is 6.09 Å². The molecule has 3 aromatic heterocycles. The molecule has 0 radical (unpaired) electrons. The first-order chi connectivity index (χ1) is 14.2. The number of nitrogen functional groups attached to an aromatic ring is 1. The number of fused-ring (bicyclic) bond motifs is 2. The van der Waals surface area contributed by atoms with Gasteiger partial charge in [0.2, 0.25) is 5.95 Å². The fourth-order valence-electron chi connectivity index (χ4n) is 3.25. The van der Waals surface area contributed by atoms with Crippen molar-refractivity contribution in [2.24, 2.45) is 0 Å². The number of hydrogen-bond acceptors (Lipinski definition) is 10. The zero-order valence-electron chi connectivity index (χ0n) is 15.2. The zero-order valence-corrected chi connectivity index (χ0v) is 16.0. The summed E-state index contributed by atoms with van der Waals surface area (Å²) in [6, 6.07) is 5.47. The Labute approximate surface area is 168 Å². The molecule has 0 atom stereocenters. The van der Waals surface area contributed by atoms with Crippen LogP contribution in [0.4, 0.5) is 22.2 Å². The van der Waals surface area contributed by atoms with Crippen molar-refractivity contribution >= 4 is 56.1 Å². The Bertz CT molecular complexity index is 1180. The number of nitrogens with zero attached hydrogens (tertiary/aromatic N) is 6. The molecule has 0 unspecified atom stereocenters. The Kier molecular flexibility index (Phi) is 4.33. The lowest BCUT2D eigenvalue weighted by Gasteiger charge is -2.33. The first kappa shape index (κ1) is 17.6. The number of aromatic amines is 1. The largest absolute Gasteiger partial charge is 0.430 e. The smallest absolute Gasteiger partial charge is 0.368 e. The minimum Gasteiger partial charge on any atom is -0.368 e. The van der Waals surface area contributed by atoms with Crippen molar-refractivity contribution in [3.8, 4) is 0 Å². The van der Waals surface area contributed by atoms with Crippen LogP contribution >= 0.6 is 11.3 Å². The number of hydroxylamine groups is 2. The number of H-pyrrole nitrogens is 1. The van der Waals surface area contributed by atoms with Gasteiger partial charge in [-0.2, -0.15) is 10.1 Å². The molecule has 5 rings (SSSR count). The summed E-state index contributed by atoms with van der Waals surface area (Å²) in [5.41, 5.74) is 9.84. The fourth-order valence-corrected chi connectivity index (χ4v) is 3.91. The number of nitrogens with one attached hydrogen (secondary N) is 2. The maximum Gasteiger partial charge on any atom is 0.430 e. The number of anilines is 3. The van der Waals surface area contributed by atoms with E-state index in [1.807, 2.05) is 12.1 Å². The van der Waals surface area contributed by atoms with Gasteiger partial charge in [-0.15, -0.1) is 16.4 Å². The summed E-state index contributed by atoms with van der Waals surface area (Å²) >= 11 is 1.43. The van der Waals surface area contributed by atoms with Crippen LogP contribution < -0.4 is 16.0 Å². The van der Waals surface area contributed by atoms with Crippen molar-refractivity contribution in [1.29, 1.82) is 0 Å². The first-order valence-electron chi connectivity index (χ1n) is 8.94. The van der Waals surface area contributed by atoms with Gasteiger partial charge in [-0.1, -0.05) is 0 Å². The number of piperazine rings is 1. The number of hydrogen-bond donors (Lipinski definition) is 3. The minimum absolute atomic E-state index is 0.226. The second kappa shape index (κ2) is 7.14. The average molecular weight is 411 g/mol. The highest BCUT2D eigenvalue weighted by molar-refractivity contribution is 7.16. The van der Waals surface area contributed by atoms with Gasteiger partial charge in [-0.25, -0.2) is 14.8 Å². The van der Waals surface area contributed by atoms with Gasteiger partial charge in [-0.3, -0.25) is 10.4 Å². The predicted octanol–water partition coefficient (Wildman–Crippen LogP) is 1.83. The van der Waals surface area contributed by atoms with Gasteiger partial charge in [0, 0.05) is 24.2 Å². The van der Waals surface area contributed by atoms with E-state index in [0.29, 0.717) is 37.7 Å². The number of carbonyl (C=O) groups is 1. The highest BCUT2D eigenvalue weighted by Crippen LogP contribution is 2.26. The van der Waals surface area contributed by atoms with Gasteiger partial charge in [0.25, 0.3) is 0 Å². The third-order valence-electron chi connectivity index (χ3n) is 4.63. The van der Waals surface area contributed by atoms with Crippen molar-refractivity contribution in [3.05, 3.63) is 29.9 Å². The zero-order chi connectivity index (χ0) is 19.8. The van der Waals surface area contributed by atoms with Gasteiger partial charge in [0.1, 0.15) is 5.52 Å². The van der Waals surface area contributed by atoms with Crippen LogP contribution in [0.3, 0.4) is 0 Å². The van der Waals surface area contributed by atoms with E-state index in [-0.39, 0.29) is 5.95 Å². The Morgan fingerprint density at radius 3 is 2.97 bits per heavy atom. The lowest BCUT2D eigenvalue weighted by molar-refractivity contribution is -0.0966. The second-order valence-corrected chi connectivity index (χ2v) is 7.34. The molecular formula is C17H17N9O2S. The van der Waals surface area contributed by atoms with E-state index in [4.69, 9.17) is 10.6 Å². The summed E-state index contributed by atoms with van der Waals surface area (Å²) in [6.45, 7) is 2.31. The molecule has 4 heterocycles. The molecule has 148 valence electrons. The summed E-state index contributed by atoms with van der Waals surface area (Å²) in [5.74, 6) is 0.940. The summed E-state index contributed by atoms with van der Waals surface area (Å²) < 4.78 is 0. The molecular weight excluding hydrogens is 394 g/mol. The van der Waals surface area contributed by atoms with E-state index in [2.05, 4.69) is 35.4 Å². The number of carbonyl (C=O) groups excluding carboxylic acids is 1. The van der Waals surface area contributed by atoms with Gasteiger partial charge in [0.15, 0.2) is 10.6 Å². The lowest BCUT2D eigenvalue weighted by Crippen LogP contribution is -2.47. The molecule has 1 aliphatic rings. The molecule has 1 fully saturated rings. The third-order valence-corrected chi connectivity index (χ3v) is 5.35. The summed E-state index contributed by atoms with van der Waals surface area (Å²) in [5, 5.41) is 12.1. The van der Waals surface area contributed by atoms with Crippen LogP contribution in [0.5, 0.6) is 0 Å². The quantitative estimate of drug-likeness (QED) is 0.461. The lowest BCUT2D eigenvalue weighted by atomic mass is 10.2. The minimum atomic E-state index is -0.533. The van der Waals surface area contributed by atoms with Crippen molar-refractivity contribution < 1.29 is 9.63 Å². The molecule has 4 N–H and O–H groups in total. The Hall–Kier alpha value is -3.51. The number of aromatic nitrogens is 5. The normalized spacial score (nSPS) is 15.1. The number of amides is 1. The van der Waals surface area contributed by atoms with E-state index in [9.17, 15) is 4.79 Å². The van der Waals surface area contributed by atoms with Crippen molar-refractivity contribution in [3.63, 3.8) is 0 Å².